The first-order valence-corrected chi connectivity index (χ1v) is 9.83. The SMILES string of the molecule is CCNC(=NCc1noc(C(C)(C)C)n1)NCC(C)Sc1ccccc1.I. The van der Waals surface area contributed by atoms with Gasteiger partial charge >= 0.3 is 0 Å². The number of nitrogens with zero attached hydrogens (tertiary/aromatic N) is 3. The first-order chi connectivity index (χ1) is 12.4. The van der Waals surface area contributed by atoms with Crippen molar-refractivity contribution in [3.63, 3.8) is 0 Å². The second-order valence-corrected chi connectivity index (χ2v) is 8.60. The molecule has 6 nitrogen and oxygen atoms in total. The van der Waals surface area contributed by atoms with Gasteiger partial charge in [0.1, 0.15) is 6.54 Å². The van der Waals surface area contributed by atoms with Crippen LogP contribution >= 0.6 is 35.7 Å². The molecule has 1 heterocycles. The molecule has 0 aliphatic carbocycles. The second-order valence-electron chi connectivity index (χ2n) is 7.08. The summed E-state index contributed by atoms with van der Waals surface area (Å²) in [5.41, 5.74) is -0.151. The minimum Gasteiger partial charge on any atom is -0.357 e. The number of thioether (sulfide) groups is 1. The zero-order valence-corrected chi connectivity index (χ0v) is 19.8. The molecule has 0 amide bonds. The zero-order valence-electron chi connectivity index (χ0n) is 16.7. The Bertz CT molecular complexity index is 700. The Kier molecular flexibility index (Phi) is 10.1. The number of rotatable bonds is 7. The van der Waals surface area contributed by atoms with Crippen molar-refractivity contribution in [1.82, 2.24) is 20.8 Å². The van der Waals surface area contributed by atoms with Gasteiger partial charge < -0.3 is 15.2 Å². The highest BCUT2D eigenvalue weighted by molar-refractivity contribution is 14.0. The van der Waals surface area contributed by atoms with Crippen molar-refractivity contribution in [2.75, 3.05) is 13.1 Å². The van der Waals surface area contributed by atoms with Crippen LogP contribution in [-0.2, 0) is 12.0 Å². The molecular formula is C19H30IN5OS. The van der Waals surface area contributed by atoms with Gasteiger partial charge in [-0.15, -0.1) is 35.7 Å². The number of aliphatic imine (C=N–C) groups is 1. The lowest BCUT2D eigenvalue weighted by Gasteiger charge is -2.15. The summed E-state index contributed by atoms with van der Waals surface area (Å²) in [6.07, 6.45) is 0. The average Bonchev–Trinajstić information content (AvgIpc) is 3.08. The molecular weight excluding hydrogens is 473 g/mol. The van der Waals surface area contributed by atoms with Crippen LogP contribution in [0.4, 0.5) is 0 Å². The Hall–Kier alpha value is -1.29. The summed E-state index contributed by atoms with van der Waals surface area (Å²) >= 11 is 1.84. The smallest absolute Gasteiger partial charge is 0.232 e. The fourth-order valence-corrected chi connectivity index (χ4v) is 3.07. The molecule has 0 saturated carbocycles. The van der Waals surface area contributed by atoms with Crippen LogP contribution in [0.15, 0.2) is 44.7 Å². The van der Waals surface area contributed by atoms with Crippen LogP contribution in [0, 0.1) is 0 Å². The van der Waals surface area contributed by atoms with Crippen LogP contribution in [0.2, 0.25) is 0 Å². The Morgan fingerprint density at radius 3 is 2.52 bits per heavy atom. The summed E-state index contributed by atoms with van der Waals surface area (Å²) in [6, 6.07) is 10.4. The van der Waals surface area contributed by atoms with Gasteiger partial charge in [-0.05, 0) is 19.1 Å². The van der Waals surface area contributed by atoms with Gasteiger partial charge in [-0.2, -0.15) is 4.98 Å². The van der Waals surface area contributed by atoms with E-state index in [9.17, 15) is 0 Å². The number of benzene rings is 1. The number of aromatic nitrogens is 2. The third-order valence-electron chi connectivity index (χ3n) is 3.47. The van der Waals surface area contributed by atoms with Gasteiger partial charge in [-0.1, -0.05) is 51.1 Å². The van der Waals surface area contributed by atoms with E-state index in [-0.39, 0.29) is 29.4 Å². The normalized spacial score (nSPS) is 13.0. The Morgan fingerprint density at radius 1 is 1.22 bits per heavy atom. The zero-order chi connectivity index (χ0) is 19.0. The molecule has 27 heavy (non-hydrogen) atoms. The third kappa shape index (κ3) is 8.50. The van der Waals surface area contributed by atoms with Crippen LogP contribution in [0.3, 0.4) is 0 Å². The van der Waals surface area contributed by atoms with Crippen molar-refractivity contribution in [3.8, 4) is 0 Å². The second kappa shape index (κ2) is 11.5. The molecule has 2 N–H and O–H groups in total. The Morgan fingerprint density at radius 2 is 1.93 bits per heavy atom. The van der Waals surface area contributed by atoms with E-state index >= 15 is 0 Å². The van der Waals surface area contributed by atoms with Gasteiger partial charge in [0.2, 0.25) is 5.89 Å². The van der Waals surface area contributed by atoms with E-state index in [1.807, 2.05) is 45.5 Å². The highest BCUT2D eigenvalue weighted by Crippen LogP contribution is 2.22. The van der Waals surface area contributed by atoms with E-state index in [4.69, 9.17) is 4.52 Å². The predicted molar refractivity (Wildman–Crippen MR) is 123 cm³/mol. The lowest BCUT2D eigenvalue weighted by Crippen LogP contribution is -2.40. The molecule has 0 aliphatic heterocycles. The van der Waals surface area contributed by atoms with Crippen LogP contribution < -0.4 is 10.6 Å². The molecule has 0 aliphatic rings. The van der Waals surface area contributed by atoms with E-state index in [1.165, 1.54) is 4.90 Å². The molecule has 0 radical (unpaired) electrons. The molecule has 2 aromatic rings. The molecule has 8 heteroatoms. The summed E-state index contributed by atoms with van der Waals surface area (Å²) < 4.78 is 5.31. The number of hydrogen-bond donors (Lipinski definition) is 2. The highest BCUT2D eigenvalue weighted by atomic mass is 127. The lowest BCUT2D eigenvalue weighted by molar-refractivity contribution is 0.318. The van der Waals surface area contributed by atoms with E-state index in [2.05, 4.69) is 57.0 Å². The van der Waals surface area contributed by atoms with Gasteiger partial charge in [-0.25, -0.2) is 4.99 Å². The summed E-state index contributed by atoms with van der Waals surface area (Å²) in [7, 11) is 0. The van der Waals surface area contributed by atoms with Crippen molar-refractivity contribution in [3.05, 3.63) is 42.0 Å². The average molecular weight is 503 g/mol. The predicted octanol–water partition coefficient (Wildman–Crippen LogP) is 4.22. The molecule has 2 rings (SSSR count). The van der Waals surface area contributed by atoms with Crippen molar-refractivity contribution in [1.29, 1.82) is 0 Å². The molecule has 1 aromatic heterocycles. The van der Waals surface area contributed by atoms with Gasteiger partial charge in [0.25, 0.3) is 0 Å². The maximum absolute atomic E-state index is 5.31. The van der Waals surface area contributed by atoms with Crippen molar-refractivity contribution in [2.24, 2.45) is 4.99 Å². The van der Waals surface area contributed by atoms with Crippen LogP contribution in [-0.4, -0.2) is 34.4 Å². The van der Waals surface area contributed by atoms with Crippen LogP contribution in [0.1, 0.15) is 46.3 Å². The van der Waals surface area contributed by atoms with Gasteiger partial charge in [-0.3, -0.25) is 0 Å². The molecule has 1 atom stereocenters. The summed E-state index contributed by atoms with van der Waals surface area (Å²) in [4.78, 5) is 10.2. The maximum atomic E-state index is 5.31. The third-order valence-corrected chi connectivity index (χ3v) is 4.58. The van der Waals surface area contributed by atoms with Crippen LogP contribution in [0.5, 0.6) is 0 Å². The highest BCUT2D eigenvalue weighted by Gasteiger charge is 2.21. The van der Waals surface area contributed by atoms with Gasteiger partial charge in [0.05, 0.1) is 0 Å². The van der Waals surface area contributed by atoms with Crippen LogP contribution in [0.25, 0.3) is 0 Å². The van der Waals surface area contributed by atoms with Crippen molar-refractivity contribution < 1.29 is 4.52 Å². The summed E-state index contributed by atoms with van der Waals surface area (Å²) in [6.45, 7) is 12.4. The Labute approximate surface area is 183 Å². The topological polar surface area (TPSA) is 75.3 Å². The Balaban J connectivity index is 0.00000364. The standard InChI is InChI=1S/C19H29N5OS.HI/c1-6-20-18(21-12-14(2)26-15-10-8-7-9-11-15)22-13-16-23-17(25-24-16)19(3,4)5;/h7-11,14H,6,12-13H2,1-5H3,(H2,20,21,22);1H. The summed E-state index contributed by atoms with van der Waals surface area (Å²) in [5.74, 6) is 1.99. The summed E-state index contributed by atoms with van der Waals surface area (Å²) in [5, 5.41) is 11.1. The van der Waals surface area contributed by atoms with E-state index < -0.39 is 0 Å². The monoisotopic (exact) mass is 503 g/mol. The fraction of sp³-hybridized carbons (Fsp3) is 0.526. The first kappa shape index (κ1) is 23.7. The molecule has 150 valence electrons. The molecule has 1 aromatic carbocycles. The minimum atomic E-state index is -0.151. The molecule has 0 bridgehead atoms. The minimum absolute atomic E-state index is 0. The number of halogens is 1. The van der Waals surface area contributed by atoms with Crippen molar-refractivity contribution in [2.45, 2.75) is 56.7 Å². The molecule has 0 saturated heterocycles. The number of nitrogens with one attached hydrogen (secondary N) is 2. The maximum Gasteiger partial charge on any atom is 0.232 e. The molecule has 1 unspecified atom stereocenters. The fourth-order valence-electron chi connectivity index (χ4n) is 2.13. The number of hydrogen-bond acceptors (Lipinski definition) is 5. The lowest BCUT2D eigenvalue weighted by atomic mass is 9.97. The first-order valence-electron chi connectivity index (χ1n) is 8.95. The van der Waals surface area contributed by atoms with E-state index in [0.29, 0.717) is 23.5 Å². The van der Waals surface area contributed by atoms with Gasteiger partial charge in [0, 0.05) is 28.6 Å². The van der Waals surface area contributed by atoms with E-state index in [0.717, 1.165) is 19.0 Å². The van der Waals surface area contributed by atoms with E-state index in [1.54, 1.807) is 0 Å². The quantitative estimate of drug-likeness (QED) is 0.255. The number of guanidine groups is 1. The largest absolute Gasteiger partial charge is 0.357 e. The molecule has 0 fully saturated rings. The van der Waals surface area contributed by atoms with Gasteiger partial charge in [0.15, 0.2) is 11.8 Å². The van der Waals surface area contributed by atoms with Crippen molar-refractivity contribution >= 4 is 41.7 Å². The molecule has 0 spiro atoms.